The van der Waals surface area contributed by atoms with Gasteiger partial charge in [-0.15, -0.1) is 5.10 Å². The number of carbonyl (C=O) groups is 1. The molecular formula is C16H13ClF3N5O2. The molecule has 0 bridgehead atoms. The molecule has 0 atom stereocenters. The Morgan fingerprint density at radius 1 is 1.37 bits per heavy atom. The number of benzene rings is 1. The lowest BCUT2D eigenvalue weighted by molar-refractivity contribution is -0.123. The average Bonchev–Trinajstić information content (AvgIpc) is 3.04. The lowest BCUT2D eigenvalue weighted by Gasteiger charge is -2.14. The molecule has 0 aliphatic heterocycles. The van der Waals surface area contributed by atoms with E-state index >= 15 is 0 Å². The van der Waals surface area contributed by atoms with Crippen molar-refractivity contribution in [1.29, 1.82) is 0 Å². The minimum absolute atomic E-state index is 0.0616. The van der Waals surface area contributed by atoms with Crippen LogP contribution >= 0.6 is 11.6 Å². The summed E-state index contributed by atoms with van der Waals surface area (Å²) in [6.07, 6.45) is -3.01. The number of amides is 1. The Kier molecular flexibility index (Phi) is 4.92. The molecule has 2 heterocycles. The first-order valence-electron chi connectivity index (χ1n) is 7.58. The van der Waals surface area contributed by atoms with Crippen LogP contribution in [-0.2, 0) is 7.05 Å². The third-order valence-corrected chi connectivity index (χ3v) is 4.16. The molecule has 1 amide bonds. The summed E-state index contributed by atoms with van der Waals surface area (Å²) in [5, 5.41) is 9.74. The summed E-state index contributed by atoms with van der Waals surface area (Å²) in [7, 11) is 2.96. The molecule has 1 N–H and O–H groups in total. The summed E-state index contributed by atoms with van der Waals surface area (Å²) >= 11 is 6.34. The molecule has 0 unspecified atom stereocenters. The van der Waals surface area contributed by atoms with Crippen LogP contribution in [0.1, 0.15) is 10.4 Å². The van der Waals surface area contributed by atoms with E-state index in [0.717, 1.165) is 0 Å². The van der Waals surface area contributed by atoms with Crippen molar-refractivity contribution < 1.29 is 22.7 Å². The van der Waals surface area contributed by atoms with E-state index in [0.29, 0.717) is 22.2 Å². The average molecular weight is 400 g/mol. The molecule has 0 fully saturated rings. The molecule has 0 aliphatic carbocycles. The van der Waals surface area contributed by atoms with Crippen molar-refractivity contribution >= 4 is 28.4 Å². The molecule has 0 saturated carbocycles. The van der Waals surface area contributed by atoms with Gasteiger partial charge in [0.25, 0.3) is 5.91 Å². The first-order valence-corrected chi connectivity index (χ1v) is 7.96. The second kappa shape index (κ2) is 7.03. The van der Waals surface area contributed by atoms with Gasteiger partial charge in [0.2, 0.25) is 5.88 Å². The number of rotatable bonds is 4. The zero-order valence-corrected chi connectivity index (χ0v) is 14.9. The van der Waals surface area contributed by atoms with Crippen LogP contribution in [0.15, 0.2) is 24.4 Å². The fourth-order valence-corrected chi connectivity index (χ4v) is 2.85. The quantitative estimate of drug-likeness (QED) is 0.729. The van der Waals surface area contributed by atoms with Crippen LogP contribution in [0.25, 0.3) is 22.2 Å². The summed E-state index contributed by atoms with van der Waals surface area (Å²) < 4.78 is 43.8. The number of methoxy groups -OCH3 is 1. The number of carbonyl (C=O) groups excluding carboxylic acids is 1. The Labute approximate surface area is 156 Å². The Bertz CT molecular complexity index is 1020. The monoisotopic (exact) mass is 399 g/mol. The maximum Gasteiger partial charge on any atom is 0.405 e. The topological polar surface area (TPSA) is 81.9 Å². The standard InChI is InChI=1S/C16H13ClF3N5O2/c1-25-11(6-22-24-25)8-3-4-10-9(5-8)13(17)12(15(23-10)27-2)14(26)21-7-16(18,19)20/h3-6H,7H2,1-2H3,(H,21,26). The molecule has 1 aromatic carbocycles. The number of aromatic nitrogens is 4. The van der Waals surface area contributed by atoms with Gasteiger partial charge in [-0.25, -0.2) is 9.67 Å². The molecule has 0 spiro atoms. The predicted molar refractivity (Wildman–Crippen MR) is 91.7 cm³/mol. The number of nitrogens with one attached hydrogen (secondary N) is 1. The van der Waals surface area contributed by atoms with Gasteiger partial charge >= 0.3 is 6.18 Å². The number of aryl methyl sites for hydroxylation is 1. The zero-order valence-electron chi connectivity index (χ0n) is 14.1. The van der Waals surface area contributed by atoms with E-state index < -0.39 is 18.6 Å². The van der Waals surface area contributed by atoms with Gasteiger partial charge in [0.15, 0.2) is 0 Å². The number of ether oxygens (including phenoxy) is 1. The summed E-state index contributed by atoms with van der Waals surface area (Å²) in [5.74, 6) is -1.20. The summed E-state index contributed by atoms with van der Waals surface area (Å²) in [6, 6.07) is 5.07. The lowest BCUT2D eigenvalue weighted by Crippen LogP contribution is -2.34. The minimum Gasteiger partial charge on any atom is -0.480 e. The van der Waals surface area contributed by atoms with Crippen molar-refractivity contribution in [1.82, 2.24) is 25.3 Å². The summed E-state index contributed by atoms with van der Waals surface area (Å²) in [4.78, 5) is 16.4. The van der Waals surface area contributed by atoms with E-state index in [-0.39, 0.29) is 16.5 Å². The van der Waals surface area contributed by atoms with E-state index in [9.17, 15) is 18.0 Å². The van der Waals surface area contributed by atoms with Gasteiger partial charge in [-0.2, -0.15) is 13.2 Å². The third kappa shape index (κ3) is 3.80. The minimum atomic E-state index is -4.56. The number of pyridine rings is 1. The molecule has 142 valence electrons. The van der Waals surface area contributed by atoms with E-state index in [1.54, 1.807) is 41.4 Å². The molecule has 2 aromatic heterocycles. The maximum atomic E-state index is 12.4. The highest BCUT2D eigenvalue weighted by atomic mass is 35.5. The van der Waals surface area contributed by atoms with E-state index in [2.05, 4.69) is 15.3 Å². The normalized spacial score (nSPS) is 11.6. The molecule has 11 heteroatoms. The van der Waals surface area contributed by atoms with E-state index in [1.807, 2.05) is 0 Å². The van der Waals surface area contributed by atoms with E-state index in [4.69, 9.17) is 16.3 Å². The highest BCUT2D eigenvalue weighted by molar-refractivity contribution is 6.39. The molecule has 0 radical (unpaired) electrons. The summed E-state index contributed by atoms with van der Waals surface area (Å²) in [5.41, 5.74) is 1.54. The SMILES string of the molecule is COc1nc2ccc(-c3cnnn3C)cc2c(Cl)c1C(=O)NCC(F)(F)F. The Balaban J connectivity index is 2.11. The third-order valence-electron chi connectivity index (χ3n) is 3.77. The van der Waals surface area contributed by atoms with Crippen molar-refractivity contribution in [2.75, 3.05) is 13.7 Å². The van der Waals surface area contributed by atoms with Crippen molar-refractivity contribution in [2.24, 2.45) is 7.05 Å². The first kappa shape index (κ1) is 18.9. The number of hydrogen-bond donors (Lipinski definition) is 1. The van der Waals surface area contributed by atoms with Gasteiger partial charge in [0.1, 0.15) is 12.1 Å². The molecule has 27 heavy (non-hydrogen) atoms. The number of hydrogen-bond acceptors (Lipinski definition) is 5. The first-order chi connectivity index (χ1) is 12.7. The molecular weight excluding hydrogens is 387 g/mol. The molecule has 0 aliphatic rings. The van der Waals surface area contributed by atoms with Crippen LogP contribution in [0.5, 0.6) is 5.88 Å². The maximum absolute atomic E-state index is 12.4. The highest BCUT2D eigenvalue weighted by Crippen LogP contribution is 2.34. The molecule has 3 aromatic rings. The van der Waals surface area contributed by atoms with Crippen molar-refractivity contribution in [2.45, 2.75) is 6.18 Å². The number of halogens is 4. The van der Waals surface area contributed by atoms with Gasteiger partial charge < -0.3 is 10.1 Å². The van der Waals surface area contributed by atoms with Gasteiger partial charge in [-0.1, -0.05) is 22.9 Å². The van der Waals surface area contributed by atoms with Crippen LogP contribution in [0.3, 0.4) is 0 Å². The van der Waals surface area contributed by atoms with Gasteiger partial charge in [0.05, 0.1) is 29.5 Å². The van der Waals surface area contributed by atoms with Crippen LogP contribution in [-0.4, -0.2) is 45.7 Å². The fourth-order valence-electron chi connectivity index (χ4n) is 2.53. The summed E-state index contributed by atoms with van der Waals surface area (Å²) in [6.45, 7) is -1.50. The highest BCUT2D eigenvalue weighted by Gasteiger charge is 2.30. The molecule has 0 saturated heterocycles. The van der Waals surface area contributed by atoms with Crippen LogP contribution in [0, 0.1) is 0 Å². The zero-order chi connectivity index (χ0) is 19.8. The van der Waals surface area contributed by atoms with Gasteiger partial charge in [0, 0.05) is 18.0 Å². The number of fused-ring (bicyclic) bond motifs is 1. The van der Waals surface area contributed by atoms with Crippen molar-refractivity contribution in [3.8, 4) is 17.1 Å². The Hall–Kier alpha value is -2.88. The van der Waals surface area contributed by atoms with Crippen LogP contribution in [0.2, 0.25) is 5.02 Å². The van der Waals surface area contributed by atoms with E-state index in [1.165, 1.54) is 7.11 Å². The number of nitrogens with zero attached hydrogens (tertiary/aromatic N) is 4. The van der Waals surface area contributed by atoms with Crippen molar-refractivity contribution in [3.63, 3.8) is 0 Å². The van der Waals surface area contributed by atoms with Crippen LogP contribution in [0.4, 0.5) is 13.2 Å². The van der Waals surface area contributed by atoms with Crippen LogP contribution < -0.4 is 10.1 Å². The molecule has 7 nitrogen and oxygen atoms in total. The van der Waals surface area contributed by atoms with Gasteiger partial charge in [-0.3, -0.25) is 4.79 Å². The predicted octanol–water partition coefficient (Wildman–Crippen LogP) is 2.98. The van der Waals surface area contributed by atoms with Crippen molar-refractivity contribution in [3.05, 3.63) is 35.0 Å². The second-order valence-electron chi connectivity index (χ2n) is 5.58. The van der Waals surface area contributed by atoms with Gasteiger partial charge in [-0.05, 0) is 12.1 Å². The lowest BCUT2D eigenvalue weighted by atomic mass is 10.1. The molecule has 3 rings (SSSR count). The Morgan fingerprint density at radius 3 is 2.70 bits per heavy atom. The largest absolute Gasteiger partial charge is 0.480 e. The Morgan fingerprint density at radius 2 is 2.11 bits per heavy atom. The fraction of sp³-hybridized carbons (Fsp3) is 0.250. The second-order valence-corrected chi connectivity index (χ2v) is 5.96. The number of alkyl halides is 3. The smallest absolute Gasteiger partial charge is 0.405 e.